The first-order valence-electron chi connectivity index (χ1n) is 20.6. The molecule has 8 rings (SSSR count). The number of carbonyl (C=O) groups is 2. The molecule has 0 bridgehead atoms. The second-order valence-corrected chi connectivity index (χ2v) is 16.0. The second kappa shape index (κ2) is 17.9. The summed E-state index contributed by atoms with van der Waals surface area (Å²) in [6.45, 7) is 4.92. The number of carbonyl (C=O) groups excluding carboxylic acids is 2. The number of fused-ring (bicyclic) bond motifs is 2. The lowest BCUT2D eigenvalue weighted by atomic mass is 9.96. The average Bonchev–Trinajstić information content (AvgIpc) is 3.27. The second-order valence-electron chi connectivity index (χ2n) is 16.0. The Balaban J connectivity index is 1.33. The molecule has 2 aromatic heterocycles. The molecule has 2 fully saturated rings. The van der Waals surface area contributed by atoms with E-state index in [9.17, 15) is 70.2 Å². The van der Waals surface area contributed by atoms with Crippen molar-refractivity contribution in [2.24, 2.45) is 0 Å². The van der Waals surface area contributed by atoms with E-state index in [0.29, 0.717) is 6.07 Å². The van der Waals surface area contributed by atoms with Crippen molar-refractivity contribution >= 4 is 33.9 Å². The van der Waals surface area contributed by atoms with E-state index in [2.05, 4.69) is 0 Å². The standard InChI is InChI=1S/C46H42O22/c1-15-38(63-17(3)47)34(57)36(59)45(61-15)67-43-32(55)29-24(52)13-23(51)28(42(29)66-41(43)20-7-11-22(50)12-8-20)27-25(53)14-26-30(31(27)54)33(56)44(40(65-26)19-5-9-21(49)10-6-19)68-46-37(60)35(58)39(16(2)62-46)64-18(4)48/h5-16,34-39,45-46,49-54,57-60H,1-4H3/t15-,16-,34-,35-,36+,37+,38-,39-,45-,46-/m0/s1. The molecule has 0 aliphatic carbocycles. The predicted octanol–water partition coefficient (Wildman–Crippen LogP) is 2.69. The van der Waals surface area contributed by atoms with Crippen molar-refractivity contribution in [3.05, 3.63) is 81.1 Å². The van der Waals surface area contributed by atoms with Gasteiger partial charge in [-0.2, -0.15) is 0 Å². The van der Waals surface area contributed by atoms with Crippen LogP contribution in [0, 0.1) is 0 Å². The van der Waals surface area contributed by atoms with Gasteiger partial charge in [0.1, 0.15) is 75.3 Å². The average molecular weight is 947 g/mol. The zero-order valence-electron chi connectivity index (χ0n) is 35.9. The number of aliphatic hydroxyl groups excluding tert-OH is 4. The highest BCUT2D eigenvalue weighted by molar-refractivity contribution is 6.06. The molecule has 2 aliphatic rings. The minimum Gasteiger partial charge on any atom is -0.508 e. The van der Waals surface area contributed by atoms with E-state index in [1.54, 1.807) is 0 Å². The van der Waals surface area contributed by atoms with Gasteiger partial charge in [-0.25, -0.2) is 0 Å². The highest BCUT2D eigenvalue weighted by Gasteiger charge is 2.48. The molecule has 2 aliphatic heterocycles. The third kappa shape index (κ3) is 8.28. The van der Waals surface area contributed by atoms with E-state index in [4.69, 9.17) is 37.3 Å². The Labute approximate surface area is 381 Å². The van der Waals surface area contributed by atoms with Crippen molar-refractivity contribution < 1.29 is 97.9 Å². The fourth-order valence-corrected chi connectivity index (χ4v) is 8.08. The van der Waals surface area contributed by atoms with Crippen molar-refractivity contribution in [3.63, 3.8) is 0 Å². The van der Waals surface area contributed by atoms with Gasteiger partial charge in [0.05, 0.1) is 23.3 Å². The molecule has 2 saturated heterocycles. The van der Waals surface area contributed by atoms with Crippen LogP contribution in [0.5, 0.6) is 46.0 Å². The van der Waals surface area contributed by atoms with Crippen LogP contribution in [-0.4, -0.2) is 124 Å². The van der Waals surface area contributed by atoms with Gasteiger partial charge < -0.3 is 88.3 Å². The number of aromatic hydroxyl groups is 6. The topological polar surface area (TPSA) is 352 Å². The van der Waals surface area contributed by atoms with Gasteiger partial charge in [-0.1, -0.05) is 0 Å². The number of hydrogen-bond acceptors (Lipinski definition) is 22. The number of esters is 2. The monoisotopic (exact) mass is 946 g/mol. The molecule has 22 heteroatoms. The van der Waals surface area contributed by atoms with Crippen LogP contribution in [0.1, 0.15) is 27.7 Å². The van der Waals surface area contributed by atoms with E-state index in [0.717, 1.165) is 19.9 Å². The molecule has 0 spiro atoms. The summed E-state index contributed by atoms with van der Waals surface area (Å²) in [4.78, 5) is 52.8. The van der Waals surface area contributed by atoms with Crippen molar-refractivity contribution in [1.82, 2.24) is 0 Å². The number of hydrogen-bond donors (Lipinski definition) is 10. The Kier molecular flexibility index (Phi) is 12.3. The van der Waals surface area contributed by atoms with E-state index < -0.39 is 163 Å². The summed E-state index contributed by atoms with van der Waals surface area (Å²) < 4.78 is 45.7. The summed E-state index contributed by atoms with van der Waals surface area (Å²) in [5, 5.41) is 109. The van der Waals surface area contributed by atoms with Gasteiger partial charge >= 0.3 is 11.9 Å². The fraction of sp³-hybridized carbons (Fsp3) is 0.304. The largest absolute Gasteiger partial charge is 0.508 e. The normalized spacial score (nSPS) is 24.9. The quantitative estimate of drug-likeness (QED) is 0.0931. The Morgan fingerprint density at radius 2 is 0.971 bits per heavy atom. The van der Waals surface area contributed by atoms with Crippen molar-refractivity contribution in [1.29, 1.82) is 0 Å². The SMILES string of the molecule is CC(=O)O[C@@H]1[C@@H](O)[C@@H](O)[C@H](Oc2c(-c3ccc(O)cc3)oc3cc(O)c(-c4c(O)cc(O)c5c(=O)c(O[C@@H]6O[C@@H](C)[C@H](OC(C)=O)[C@@H](O)[C@H]6O)c(-c6ccc(O)cc6)oc45)c(O)c3c2=O)O[C@H]1C. The lowest BCUT2D eigenvalue weighted by Crippen LogP contribution is -2.59. The molecule has 4 aromatic carbocycles. The molecule has 0 saturated carbocycles. The van der Waals surface area contributed by atoms with Crippen LogP contribution >= 0.6 is 0 Å². The molecular weight excluding hydrogens is 904 g/mol. The van der Waals surface area contributed by atoms with E-state index in [-0.39, 0.29) is 22.6 Å². The van der Waals surface area contributed by atoms with Crippen molar-refractivity contribution in [2.45, 2.75) is 89.1 Å². The highest BCUT2D eigenvalue weighted by atomic mass is 16.7. The molecule has 10 N–H and O–H groups in total. The molecule has 22 nitrogen and oxygen atoms in total. The van der Waals surface area contributed by atoms with Crippen LogP contribution in [-0.2, 0) is 28.5 Å². The number of benzene rings is 4. The lowest BCUT2D eigenvalue weighted by molar-refractivity contribution is -0.272. The Morgan fingerprint density at radius 1 is 0.544 bits per heavy atom. The third-order valence-electron chi connectivity index (χ3n) is 11.3. The number of aliphatic hydroxyl groups is 4. The van der Waals surface area contributed by atoms with Gasteiger partial charge in [-0.3, -0.25) is 19.2 Å². The zero-order valence-corrected chi connectivity index (χ0v) is 35.9. The molecular formula is C46H42O22. The summed E-state index contributed by atoms with van der Waals surface area (Å²) in [5.74, 6) is -8.43. The zero-order chi connectivity index (χ0) is 49.2. The lowest BCUT2D eigenvalue weighted by Gasteiger charge is -2.40. The smallest absolute Gasteiger partial charge is 0.303 e. The molecule has 4 heterocycles. The van der Waals surface area contributed by atoms with Crippen molar-refractivity contribution in [2.75, 3.05) is 0 Å². The Hall–Kier alpha value is -7.60. The summed E-state index contributed by atoms with van der Waals surface area (Å²) >= 11 is 0. The van der Waals surface area contributed by atoms with E-state index in [1.165, 1.54) is 62.4 Å². The first-order chi connectivity index (χ1) is 32.2. The Morgan fingerprint density at radius 3 is 1.43 bits per heavy atom. The molecule has 358 valence electrons. The van der Waals surface area contributed by atoms with Crippen LogP contribution < -0.4 is 20.3 Å². The Bertz CT molecular complexity index is 3070. The minimum atomic E-state index is -1.97. The van der Waals surface area contributed by atoms with Gasteiger partial charge in [-0.05, 0) is 62.4 Å². The molecule has 0 unspecified atom stereocenters. The summed E-state index contributed by atoms with van der Waals surface area (Å²) in [5.41, 5.74) is -5.14. The maximum atomic E-state index is 14.7. The number of phenolic OH excluding ortho intramolecular Hbond substituents is 6. The third-order valence-corrected chi connectivity index (χ3v) is 11.3. The summed E-state index contributed by atoms with van der Waals surface area (Å²) in [7, 11) is 0. The maximum absolute atomic E-state index is 14.7. The van der Waals surface area contributed by atoms with Crippen LogP contribution in [0.4, 0.5) is 0 Å². The molecule has 6 aromatic rings. The molecule has 10 atom stereocenters. The number of phenols is 6. The van der Waals surface area contributed by atoms with Crippen LogP contribution in [0.3, 0.4) is 0 Å². The first kappa shape index (κ1) is 46.9. The molecule has 68 heavy (non-hydrogen) atoms. The number of ether oxygens (including phenoxy) is 6. The van der Waals surface area contributed by atoms with Crippen LogP contribution in [0.25, 0.3) is 55.7 Å². The van der Waals surface area contributed by atoms with Gasteiger partial charge in [0, 0.05) is 37.1 Å². The highest BCUT2D eigenvalue weighted by Crippen LogP contribution is 2.51. The van der Waals surface area contributed by atoms with Crippen LogP contribution in [0.15, 0.2) is 79.1 Å². The van der Waals surface area contributed by atoms with E-state index >= 15 is 0 Å². The van der Waals surface area contributed by atoms with Gasteiger partial charge in [0.25, 0.3) is 0 Å². The number of rotatable bonds is 9. The predicted molar refractivity (Wildman–Crippen MR) is 230 cm³/mol. The van der Waals surface area contributed by atoms with Gasteiger partial charge in [-0.15, -0.1) is 0 Å². The maximum Gasteiger partial charge on any atom is 0.303 e. The van der Waals surface area contributed by atoms with Crippen molar-refractivity contribution in [3.8, 4) is 79.8 Å². The minimum absolute atomic E-state index is 0.0239. The van der Waals surface area contributed by atoms with E-state index in [1.807, 2.05) is 0 Å². The fourth-order valence-electron chi connectivity index (χ4n) is 8.08. The first-order valence-corrected chi connectivity index (χ1v) is 20.6. The molecule has 0 radical (unpaired) electrons. The summed E-state index contributed by atoms with van der Waals surface area (Å²) in [6, 6.07) is 11.5. The summed E-state index contributed by atoms with van der Waals surface area (Å²) in [6.07, 6.45) is -16.3. The van der Waals surface area contributed by atoms with Crippen LogP contribution in [0.2, 0.25) is 0 Å². The van der Waals surface area contributed by atoms with Gasteiger partial charge in [0.15, 0.2) is 29.3 Å². The molecule has 0 amide bonds. The van der Waals surface area contributed by atoms with Gasteiger partial charge in [0.2, 0.25) is 34.9 Å².